The molecule has 0 aromatic heterocycles. The third kappa shape index (κ3) is 28.9. The summed E-state index contributed by atoms with van der Waals surface area (Å²) < 4.78 is 17.0. The minimum absolute atomic E-state index is 0.682. The first-order chi connectivity index (χ1) is 51.6. The molecule has 0 bridgehead atoms. The molecule has 0 amide bonds. The molecular formula is C97H101N5O3. The Balaban J connectivity index is 0.000000184. The maximum Gasteiger partial charge on any atom is 0.119 e. The van der Waals surface area contributed by atoms with Crippen molar-refractivity contribution in [3.8, 4) is 114 Å². The van der Waals surface area contributed by atoms with E-state index < -0.39 is 0 Å². The van der Waals surface area contributed by atoms with Gasteiger partial charge in [0.25, 0.3) is 0 Å². The molecule has 0 aliphatic carbocycles. The smallest absolute Gasteiger partial charge is 0.119 e. The number of rotatable bonds is 30. The highest BCUT2D eigenvalue weighted by Crippen LogP contribution is 2.29. The highest BCUT2D eigenvalue weighted by atomic mass is 16.5. The van der Waals surface area contributed by atoms with Crippen molar-refractivity contribution in [1.82, 2.24) is 0 Å². The molecule has 532 valence electrons. The van der Waals surface area contributed by atoms with Crippen molar-refractivity contribution in [1.29, 1.82) is 26.3 Å². The zero-order chi connectivity index (χ0) is 74.3. The van der Waals surface area contributed by atoms with E-state index in [2.05, 4.69) is 162 Å². The molecule has 0 radical (unpaired) electrons. The Labute approximate surface area is 627 Å². The van der Waals surface area contributed by atoms with Crippen LogP contribution in [0.25, 0.3) is 66.8 Å². The third-order valence-corrected chi connectivity index (χ3v) is 17.8. The Kier molecular flexibility index (Phi) is 36.4. The number of nitriles is 5. The summed E-state index contributed by atoms with van der Waals surface area (Å²) in [4.78, 5) is 0. The van der Waals surface area contributed by atoms with Gasteiger partial charge in [0.15, 0.2) is 0 Å². The van der Waals surface area contributed by atoms with Gasteiger partial charge in [0.05, 0.1) is 78.0 Å². The molecule has 8 nitrogen and oxygen atoms in total. The quantitative estimate of drug-likeness (QED) is 0.0404. The average molecular weight is 1380 g/mol. The molecule has 8 heteroatoms. The van der Waals surface area contributed by atoms with Gasteiger partial charge in [-0.1, -0.05) is 275 Å². The summed E-state index contributed by atoms with van der Waals surface area (Å²) in [6.07, 6.45) is 22.2. The fourth-order valence-electron chi connectivity index (χ4n) is 11.5. The molecule has 0 atom stereocenters. The molecule has 105 heavy (non-hydrogen) atoms. The van der Waals surface area contributed by atoms with Crippen LogP contribution >= 0.6 is 0 Å². The molecule has 0 heterocycles. The van der Waals surface area contributed by atoms with Crippen LogP contribution in [0.3, 0.4) is 0 Å². The van der Waals surface area contributed by atoms with Crippen molar-refractivity contribution in [2.75, 3.05) is 19.8 Å². The van der Waals surface area contributed by atoms with Gasteiger partial charge in [-0.05, 0) is 220 Å². The van der Waals surface area contributed by atoms with Crippen LogP contribution in [-0.4, -0.2) is 19.8 Å². The molecule has 11 rings (SSSR count). The van der Waals surface area contributed by atoms with Gasteiger partial charge in [-0.3, -0.25) is 0 Å². The van der Waals surface area contributed by atoms with Crippen LogP contribution in [0.2, 0.25) is 0 Å². The van der Waals surface area contributed by atoms with Crippen LogP contribution in [0.1, 0.15) is 176 Å². The number of unbranched alkanes of at least 4 members (excludes halogenated alkanes) is 11. The van der Waals surface area contributed by atoms with Crippen LogP contribution < -0.4 is 14.2 Å². The first-order valence-electron chi connectivity index (χ1n) is 37.6. The maximum atomic E-state index is 8.89. The number of aryl methyl sites for hydroxylation is 2. The first-order valence-corrected chi connectivity index (χ1v) is 37.6. The van der Waals surface area contributed by atoms with E-state index in [-0.39, 0.29) is 0 Å². The highest BCUT2D eigenvalue weighted by molar-refractivity contribution is 5.72. The SMILES string of the molecule is CCCCCCCCOc1ccc(-c2ccc(C#N)cc2)cc1.CCCCCOc1ccc(-c2ccc(C#N)cc2)cc1.CCCCCc1ccc(-c2ccc(-c3ccc(C#N)cc3)cc2)cc1.CCCCCc1ccc(-c2ccc(C#N)cc2)cc1.CCCOc1ccc(-c2ccc(C#N)cc2)cc1. The van der Waals surface area contributed by atoms with Gasteiger partial charge in [0.2, 0.25) is 0 Å². The molecule has 11 aromatic carbocycles. The lowest BCUT2D eigenvalue weighted by Crippen LogP contribution is -1.97. The van der Waals surface area contributed by atoms with Crippen LogP contribution in [0, 0.1) is 56.7 Å². The summed E-state index contributed by atoms with van der Waals surface area (Å²) in [6, 6.07) is 99.6. The van der Waals surface area contributed by atoms with E-state index in [9.17, 15) is 0 Å². The zero-order valence-corrected chi connectivity index (χ0v) is 62.2. The number of hydrogen-bond acceptors (Lipinski definition) is 8. The Hall–Kier alpha value is -11.7. The van der Waals surface area contributed by atoms with Gasteiger partial charge in [-0.15, -0.1) is 0 Å². The van der Waals surface area contributed by atoms with Crippen LogP contribution in [0.15, 0.2) is 267 Å². The minimum atomic E-state index is 0.682. The molecule has 0 aliphatic heterocycles. The van der Waals surface area contributed by atoms with Gasteiger partial charge in [0, 0.05) is 0 Å². The van der Waals surface area contributed by atoms with Crippen LogP contribution in [0.5, 0.6) is 17.2 Å². The molecule has 0 saturated heterocycles. The highest BCUT2D eigenvalue weighted by Gasteiger charge is 2.07. The first kappa shape index (κ1) is 80.6. The van der Waals surface area contributed by atoms with Crippen LogP contribution in [0.4, 0.5) is 0 Å². The van der Waals surface area contributed by atoms with E-state index in [1.54, 1.807) is 0 Å². The third-order valence-electron chi connectivity index (χ3n) is 17.8. The standard InChI is InChI=1S/C24H23N.C21H25NO.C18H19NO.C18H19N.C16H15NO/c1-2-3-4-5-19-6-10-21(11-7-19)23-14-16-24(17-15-23)22-12-8-20(18-25)9-13-22;1-2-3-4-5-6-7-16-23-21-14-12-20(13-15-21)19-10-8-18(17-22)9-11-19;1-2-3-4-13-20-18-11-9-17(10-12-18)16-7-5-15(14-19)6-8-16;1-2-3-4-5-15-6-10-17(11-7-15)18-12-8-16(14-19)9-13-18;1-2-11-18-16-9-7-15(8-10-16)14-5-3-13(12-17)4-6-14/h6-17H,2-5H2,1H3;8-15H,2-7,16H2,1H3;5-12H,2-4,13H2,1H3;6-13H,2-5H2,1H3;3-10H,2,11H2,1H3. The van der Waals surface area contributed by atoms with Crippen molar-refractivity contribution in [3.05, 3.63) is 306 Å². The van der Waals surface area contributed by atoms with Gasteiger partial charge in [0.1, 0.15) is 17.2 Å². The van der Waals surface area contributed by atoms with Gasteiger partial charge < -0.3 is 14.2 Å². The Bertz CT molecular complexity index is 4440. The predicted molar refractivity (Wildman–Crippen MR) is 435 cm³/mol. The van der Waals surface area contributed by atoms with Gasteiger partial charge in [-0.2, -0.15) is 26.3 Å². The number of hydrogen-bond donors (Lipinski definition) is 0. The lowest BCUT2D eigenvalue weighted by atomic mass is 9.98. The van der Waals surface area contributed by atoms with Crippen molar-refractivity contribution < 1.29 is 14.2 Å². The van der Waals surface area contributed by atoms with E-state index in [0.717, 1.165) is 95.3 Å². The fraction of sp³-hybridized carbons (Fsp3) is 0.268. The lowest BCUT2D eigenvalue weighted by Gasteiger charge is -2.07. The average Bonchev–Trinajstić information content (AvgIpc) is 0.806. The summed E-state index contributed by atoms with van der Waals surface area (Å²) in [5.41, 5.74) is 20.2. The Morgan fingerprint density at radius 3 is 0.610 bits per heavy atom. The lowest BCUT2D eigenvalue weighted by molar-refractivity contribution is 0.304. The minimum Gasteiger partial charge on any atom is -0.494 e. The van der Waals surface area contributed by atoms with Crippen molar-refractivity contribution >= 4 is 0 Å². The second kappa shape index (κ2) is 47.5. The number of benzene rings is 11. The normalized spacial score (nSPS) is 10.1. The van der Waals surface area contributed by atoms with Crippen molar-refractivity contribution in [2.45, 2.75) is 150 Å². The second-order valence-corrected chi connectivity index (χ2v) is 25.9. The Morgan fingerprint density at radius 1 is 0.190 bits per heavy atom. The maximum absolute atomic E-state index is 8.89. The summed E-state index contributed by atoms with van der Waals surface area (Å²) >= 11 is 0. The number of nitrogens with zero attached hydrogens (tertiary/aromatic N) is 5. The molecule has 11 aromatic rings. The van der Waals surface area contributed by atoms with Gasteiger partial charge >= 0.3 is 0 Å². The summed E-state index contributed by atoms with van der Waals surface area (Å²) in [6.45, 7) is 13.3. The van der Waals surface area contributed by atoms with E-state index in [1.165, 1.54) is 135 Å². The summed E-state index contributed by atoms with van der Waals surface area (Å²) in [5.74, 6) is 2.74. The van der Waals surface area contributed by atoms with E-state index in [1.807, 2.05) is 170 Å². The summed E-state index contributed by atoms with van der Waals surface area (Å²) in [5, 5.41) is 44.1. The second-order valence-electron chi connectivity index (χ2n) is 25.9. The van der Waals surface area contributed by atoms with E-state index >= 15 is 0 Å². The van der Waals surface area contributed by atoms with Gasteiger partial charge in [-0.25, -0.2) is 0 Å². The van der Waals surface area contributed by atoms with E-state index in [4.69, 9.17) is 40.5 Å². The molecule has 0 saturated carbocycles. The van der Waals surface area contributed by atoms with Crippen LogP contribution in [-0.2, 0) is 12.8 Å². The topological polar surface area (TPSA) is 147 Å². The molecule has 0 spiro atoms. The predicted octanol–water partition coefficient (Wildman–Crippen LogP) is 26.4. The summed E-state index contributed by atoms with van der Waals surface area (Å²) in [7, 11) is 0. The van der Waals surface area contributed by atoms with Crippen molar-refractivity contribution in [3.63, 3.8) is 0 Å². The zero-order valence-electron chi connectivity index (χ0n) is 62.2. The fourth-order valence-corrected chi connectivity index (χ4v) is 11.5. The molecular weight excluding hydrogens is 1280 g/mol. The largest absolute Gasteiger partial charge is 0.494 e. The van der Waals surface area contributed by atoms with Crippen molar-refractivity contribution in [2.24, 2.45) is 0 Å². The molecule has 0 fully saturated rings. The molecule has 0 N–H and O–H groups in total. The Morgan fingerprint density at radius 2 is 0.371 bits per heavy atom. The monoisotopic (exact) mass is 1380 g/mol. The van der Waals surface area contributed by atoms with E-state index in [0.29, 0.717) is 27.8 Å². The molecule has 0 aliphatic rings. The number of ether oxygens (including phenoxy) is 3. The molecule has 0 unspecified atom stereocenters.